The Morgan fingerprint density at radius 3 is 2.52 bits per heavy atom. The van der Waals surface area contributed by atoms with Crippen LogP contribution in [0, 0.1) is 0 Å². The van der Waals surface area contributed by atoms with Crippen molar-refractivity contribution in [2.45, 2.75) is 13.0 Å². The molecule has 0 aliphatic heterocycles. The lowest BCUT2D eigenvalue weighted by Gasteiger charge is -2.05. The summed E-state index contributed by atoms with van der Waals surface area (Å²) in [6, 6.07) is 19.5. The smallest absolute Gasteiger partial charge is 0.246 e. The minimum atomic E-state index is -0.136. The van der Waals surface area contributed by atoms with Crippen LogP contribution in [0.1, 0.15) is 11.3 Å². The number of oxazole rings is 1. The first kappa shape index (κ1) is 16.9. The highest BCUT2D eigenvalue weighted by Crippen LogP contribution is 2.17. The van der Waals surface area contributed by atoms with Crippen LogP contribution in [0.25, 0.3) is 11.5 Å². The van der Waals surface area contributed by atoms with Gasteiger partial charge in [0.05, 0.1) is 12.3 Å². The molecule has 3 aromatic rings. The van der Waals surface area contributed by atoms with Gasteiger partial charge in [-0.15, -0.1) is 0 Å². The van der Waals surface area contributed by atoms with E-state index in [4.69, 9.17) is 9.15 Å². The third-order valence-electron chi connectivity index (χ3n) is 3.62. The van der Waals surface area contributed by atoms with Crippen molar-refractivity contribution in [2.24, 2.45) is 0 Å². The number of hydrogen-bond donors (Lipinski definition) is 1. The average molecular weight is 336 g/mol. The fourth-order valence-corrected chi connectivity index (χ4v) is 2.35. The Labute approximate surface area is 146 Å². The SMILES string of the molecule is O=C(COCc1ccccc1)NCCc1coc(-c2ccccc2)n1. The second kappa shape index (κ2) is 8.80. The molecule has 1 amide bonds. The lowest BCUT2D eigenvalue weighted by molar-refractivity contribution is -0.126. The fraction of sp³-hybridized carbons (Fsp3) is 0.200. The van der Waals surface area contributed by atoms with Gasteiger partial charge < -0.3 is 14.5 Å². The van der Waals surface area contributed by atoms with Crippen molar-refractivity contribution < 1.29 is 13.9 Å². The Morgan fingerprint density at radius 2 is 1.76 bits per heavy atom. The van der Waals surface area contributed by atoms with Crippen LogP contribution in [0.5, 0.6) is 0 Å². The first-order valence-corrected chi connectivity index (χ1v) is 8.19. The molecular weight excluding hydrogens is 316 g/mol. The monoisotopic (exact) mass is 336 g/mol. The van der Waals surface area contributed by atoms with Gasteiger partial charge in [0.1, 0.15) is 12.9 Å². The van der Waals surface area contributed by atoms with E-state index < -0.39 is 0 Å². The highest BCUT2D eigenvalue weighted by atomic mass is 16.5. The third-order valence-corrected chi connectivity index (χ3v) is 3.62. The van der Waals surface area contributed by atoms with E-state index in [1.807, 2.05) is 60.7 Å². The number of aromatic nitrogens is 1. The van der Waals surface area contributed by atoms with Gasteiger partial charge in [-0.3, -0.25) is 4.79 Å². The first-order valence-electron chi connectivity index (χ1n) is 8.19. The average Bonchev–Trinajstić information content (AvgIpc) is 3.12. The van der Waals surface area contributed by atoms with Crippen LogP contribution in [0.15, 0.2) is 71.3 Å². The zero-order valence-corrected chi connectivity index (χ0v) is 13.9. The van der Waals surface area contributed by atoms with Gasteiger partial charge in [0.15, 0.2) is 0 Å². The van der Waals surface area contributed by atoms with E-state index in [0.717, 1.165) is 16.8 Å². The number of carbonyl (C=O) groups excluding carboxylic acids is 1. The summed E-state index contributed by atoms with van der Waals surface area (Å²) < 4.78 is 10.9. The Kier molecular flexibility index (Phi) is 5.96. The van der Waals surface area contributed by atoms with Crippen molar-refractivity contribution >= 4 is 5.91 Å². The number of hydrogen-bond acceptors (Lipinski definition) is 4. The lowest BCUT2D eigenvalue weighted by Crippen LogP contribution is -2.29. The van der Waals surface area contributed by atoms with Crippen molar-refractivity contribution in [3.63, 3.8) is 0 Å². The van der Waals surface area contributed by atoms with E-state index in [0.29, 0.717) is 25.5 Å². The van der Waals surface area contributed by atoms with Gasteiger partial charge in [-0.05, 0) is 17.7 Å². The van der Waals surface area contributed by atoms with E-state index in [9.17, 15) is 4.79 Å². The molecule has 1 N–H and O–H groups in total. The molecule has 0 bridgehead atoms. The molecule has 128 valence electrons. The standard InChI is InChI=1S/C20H20N2O3/c23-19(15-24-13-16-7-3-1-4-8-16)21-12-11-18-14-25-20(22-18)17-9-5-2-6-10-17/h1-10,14H,11-13,15H2,(H,21,23). The summed E-state index contributed by atoms with van der Waals surface area (Å²) in [6.07, 6.45) is 2.24. The van der Waals surface area contributed by atoms with Gasteiger partial charge in [0, 0.05) is 18.5 Å². The van der Waals surface area contributed by atoms with Gasteiger partial charge in [0.25, 0.3) is 0 Å². The summed E-state index contributed by atoms with van der Waals surface area (Å²) >= 11 is 0. The van der Waals surface area contributed by atoms with Crippen molar-refractivity contribution in [1.29, 1.82) is 0 Å². The second-order valence-electron chi connectivity index (χ2n) is 5.59. The highest BCUT2D eigenvalue weighted by Gasteiger charge is 2.07. The second-order valence-corrected chi connectivity index (χ2v) is 5.59. The quantitative estimate of drug-likeness (QED) is 0.686. The van der Waals surface area contributed by atoms with Crippen LogP contribution in [0.2, 0.25) is 0 Å². The van der Waals surface area contributed by atoms with E-state index in [-0.39, 0.29) is 12.5 Å². The van der Waals surface area contributed by atoms with Crippen molar-refractivity contribution in [3.05, 3.63) is 78.2 Å². The molecule has 0 atom stereocenters. The van der Waals surface area contributed by atoms with Crippen LogP contribution in [0.4, 0.5) is 0 Å². The lowest BCUT2D eigenvalue weighted by atomic mass is 10.2. The van der Waals surface area contributed by atoms with Crippen LogP contribution >= 0.6 is 0 Å². The number of nitrogens with zero attached hydrogens (tertiary/aromatic N) is 1. The number of benzene rings is 2. The summed E-state index contributed by atoms with van der Waals surface area (Å²) in [4.78, 5) is 16.2. The van der Waals surface area contributed by atoms with Gasteiger partial charge in [-0.2, -0.15) is 0 Å². The predicted molar refractivity (Wildman–Crippen MR) is 94.8 cm³/mol. The van der Waals surface area contributed by atoms with Crippen LogP contribution < -0.4 is 5.32 Å². The maximum Gasteiger partial charge on any atom is 0.246 e. The van der Waals surface area contributed by atoms with E-state index in [2.05, 4.69) is 10.3 Å². The minimum Gasteiger partial charge on any atom is -0.444 e. The largest absolute Gasteiger partial charge is 0.444 e. The highest BCUT2D eigenvalue weighted by molar-refractivity contribution is 5.77. The van der Waals surface area contributed by atoms with Crippen LogP contribution in [-0.2, 0) is 22.6 Å². The first-order chi connectivity index (χ1) is 12.3. The summed E-state index contributed by atoms with van der Waals surface area (Å²) in [5.74, 6) is 0.454. The zero-order valence-electron chi connectivity index (χ0n) is 13.9. The van der Waals surface area contributed by atoms with E-state index in [1.165, 1.54) is 0 Å². The van der Waals surface area contributed by atoms with Gasteiger partial charge in [-0.25, -0.2) is 4.98 Å². The molecular formula is C20H20N2O3. The van der Waals surface area contributed by atoms with E-state index in [1.54, 1.807) is 6.26 Å². The van der Waals surface area contributed by atoms with Crippen LogP contribution in [0.3, 0.4) is 0 Å². The molecule has 0 radical (unpaired) electrons. The molecule has 0 aliphatic rings. The summed E-state index contributed by atoms with van der Waals surface area (Å²) in [5.41, 5.74) is 2.79. The minimum absolute atomic E-state index is 0.0446. The Balaban J connectivity index is 1.36. The molecule has 0 aliphatic carbocycles. The Hall–Kier alpha value is -2.92. The maximum atomic E-state index is 11.8. The van der Waals surface area contributed by atoms with Crippen molar-refractivity contribution in [3.8, 4) is 11.5 Å². The molecule has 0 fully saturated rings. The molecule has 0 spiro atoms. The molecule has 0 saturated carbocycles. The molecule has 0 saturated heterocycles. The molecule has 1 aromatic heterocycles. The molecule has 3 rings (SSSR count). The topological polar surface area (TPSA) is 64.4 Å². The molecule has 2 aromatic carbocycles. The number of nitrogens with one attached hydrogen (secondary N) is 1. The number of amides is 1. The Bertz CT molecular complexity index is 785. The zero-order chi connectivity index (χ0) is 17.3. The molecule has 5 nitrogen and oxygen atoms in total. The van der Waals surface area contributed by atoms with E-state index >= 15 is 0 Å². The van der Waals surface area contributed by atoms with Crippen molar-refractivity contribution in [2.75, 3.05) is 13.2 Å². The number of ether oxygens (including phenoxy) is 1. The fourth-order valence-electron chi connectivity index (χ4n) is 2.35. The van der Waals surface area contributed by atoms with Gasteiger partial charge in [-0.1, -0.05) is 48.5 Å². The Morgan fingerprint density at radius 1 is 1.04 bits per heavy atom. The molecule has 5 heteroatoms. The molecule has 25 heavy (non-hydrogen) atoms. The normalized spacial score (nSPS) is 10.6. The molecule has 1 heterocycles. The van der Waals surface area contributed by atoms with Gasteiger partial charge >= 0.3 is 0 Å². The van der Waals surface area contributed by atoms with Gasteiger partial charge in [0.2, 0.25) is 11.8 Å². The maximum absolute atomic E-state index is 11.8. The van der Waals surface area contributed by atoms with Crippen LogP contribution in [-0.4, -0.2) is 24.0 Å². The summed E-state index contributed by atoms with van der Waals surface area (Å²) in [7, 11) is 0. The summed E-state index contributed by atoms with van der Waals surface area (Å²) in [6.45, 7) is 0.968. The van der Waals surface area contributed by atoms with Crippen molar-refractivity contribution in [1.82, 2.24) is 10.3 Å². The predicted octanol–water partition coefficient (Wildman–Crippen LogP) is 3.22. The third kappa shape index (κ3) is 5.29. The number of carbonyl (C=O) groups is 1. The molecule has 0 unspecified atom stereocenters. The number of rotatable bonds is 8. The summed E-state index contributed by atoms with van der Waals surface area (Å²) in [5, 5.41) is 2.82.